The minimum Gasteiger partial charge on any atom is 0 e. The zero-order chi connectivity index (χ0) is 24.1. The molecule has 13 nitrogen and oxygen atoms in total. The third-order valence-electron chi connectivity index (χ3n) is 4.13. The van der Waals surface area contributed by atoms with Gasteiger partial charge in [0.1, 0.15) is 0 Å². The summed E-state index contributed by atoms with van der Waals surface area (Å²) in [6, 6.07) is 6.86. The molecule has 0 fully saturated rings. The monoisotopic (exact) mass is 594 g/mol. The van der Waals surface area contributed by atoms with Gasteiger partial charge < -0.3 is 0 Å². The molecule has 0 saturated heterocycles. The maximum atomic E-state index is 11.8. The largest absolute Gasteiger partial charge is 0 e. The zero-order valence-corrected chi connectivity index (χ0v) is 24.9. The SMILES string of the molecule is O=S(=O)(O)c1cc(O)c2c(O)c(N=Nc3ccccc3[As](=O)(O)O)c(S(=O)(=O)O)cc2c1.[Na].[Na]. The second-order valence-electron chi connectivity index (χ2n) is 6.30. The number of nitrogens with zero attached hydrogens (tertiary/aromatic N) is 2. The average molecular weight is 594 g/mol. The third kappa shape index (κ3) is 6.70. The second-order valence-corrected chi connectivity index (χ2v) is 12.4. The number of rotatable bonds is 5. The van der Waals surface area contributed by atoms with Gasteiger partial charge in [0, 0.05) is 59.1 Å². The van der Waals surface area contributed by atoms with Gasteiger partial charge in [-0.3, -0.25) is 0 Å². The Morgan fingerprint density at radius 1 is 0.824 bits per heavy atom. The number of phenolic OH excluding ortho intramolecular Hbond substituents is 2. The molecule has 2 radical (unpaired) electrons. The second kappa shape index (κ2) is 11.1. The Kier molecular flexibility index (Phi) is 10.2. The first kappa shape index (κ1) is 31.2. The van der Waals surface area contributed by atoms with Crippen LogP contribution in [-0.4, -0.2) is 118 Å². The van der Waals surface area contributed by atoms with Gasteiger partial charge in [-0.15, -0.1) is 0 Å². The molecule has 3 aromatic carbocycles. The molecular weight excluding hydrogens is 581 g/mol. The standard InChI is InChI=1S/C16H13AsN2O11S2.2Na/c20-12-7-9(31(25,26)27)5-8-6-13(32(28,29)30)15(16(21)14(8)12)19-18-11-4-2-1-3-10(11)17(22,23)24;;/h1-7,20-21H,(H2,22,23,24)(H,25,26,27)(H,28,29,30);;. The van der Waals surface area contributed by atoms with E-state index in [2.05, 4.69) is 10.2 Å². The number of hydrogen-bond donors (Lipinski definition) is 6. The minimum absolute atomic E-state index is 0. The van der Waals surface area contributed by atoms with E-state index in [0.29, 0.717) is 12.1 Å². The van der Waals surface area contributed by atoms with Gasteiger partial charge in [-0.1, -0.05) is 0 Å². The molecule has 6 N–H and O–H groups in total. The zero-order valence-electron chi connectivity index (χ0n) is 17.4. The first-order valence-corrected chi connectivity index (χ1v) is 14.4. The molecule has 0 aromatic heterocycles. The van der Waals surface area contributed by atoms with Crippen LogP contribution < -0.4 is 4.35 Å². The third-order valence-corrected chi connectivity index (χ3v) is 7.94. The summed E-state index contributed by atoms with van der Waals surface area (Å²) in [7, 11) is -9.93. The van der Waals surface area contributed by atoms with Gasteiger partial charge in [-0.05, 0) is 0 Å². The van der Waals surface area contributed by atoms with Crippen LogP contribution in [0.25, 0.3) is 10.8 Å². The molecule has 0 bridgehead atoms. The molecule has 34 heavy (non-hydrogen) atoms. The van der Waals surface area contributed by atoms with Crippen molar-refractivity contribution < 1.29 is 48.1 Å². The Balaban J connectivity index is 0.00000289. The fourth-order valence-electron chi connectivity index (χ4n) is 2.78. The summed E-state index contributed by atoms with van der Waals surface area (Å²) in [6.07, 6.45) is 0. The maximum Gasteiger partial charge on any atom is 0 e. The molecule has 0 amide bonds. The van der Waals surface area contributed by atoms with Crippen LogP contribution in [0.5, 0.6) is 11.5 Å². The number of fused-ring (bicyclic) bond motifs is 1. The van der Waals surface area contributed by atoms with Gasteiger partial charge in [0.05, 0.1) is 0 Å². The Morgan fingerprint density at radius 2 is 1.41 bits per heavy atom. The Bertz CT molecular complexity index is 1550. The maximum absolute atomic E-state index is 11.8. The van der Waals surface area contributed by atoms with E-state index in [-0.39, 0.29) is 64.8 Å². The smallest absolute Gasteiger partial charge is 0 e. The van der Waals surface area contributed by atoms with E-state index in [0.717, 1.165) is 18.2 Å². The van der Waals surface area contributed by atoms with Crippen molar-refractivity contribution in [1.29, 1.82) is 0 Å². The quantitative estimate of drug-likeness (QED) is 0.130. The van der Waals surface area contributed by atoms with E-state index in [1.54, 1.807) is 0 Å². The molecule has 3 rings (SSSR count). The van der Waals surface area contributed by atoms with E-state index in [1.165, 1.54) is 12.1 Å². The van der Waals surface area contributed by atoms with Gasteiger partial charge in [0.2, 0.25) is 0 Å². The summed E-state index contributed by atoms with van der Waals surface area (Å²) in [5.74, 6) is -1.93. The summed E-state index contributed by atoms with van der Waals surface area (Å²) in [6.45, 7) is 0. The van der Waals surface area contributed by atoms with Crippen LogP contribution in [0.4, 0.5) is 11.4 Å². The Morgan fingerprint density at radius 3 is 1.94 bits per heavy atom. The van der Waals surface area contributed by atoms with E-state index in [4.69, 9.17) is 4.55 Å². The number of aromatic hydroxyl groups is 2. The number of hydrogen-bond acceptors (Lipinski definition) is 9. The van der Waals surface area contributed by atoms with Crippen LogP contribution in [0.1, 0.15) is 0 Å². The minimum atomic E-state index is -5.47. The number of benzene rings is 3. The van der Waals surface area contributed by atoms with Crippen molar-refractivity contribution in [3.05, 3.63) is 42.5 Å². The first-order valence-electron chi connectivity index (χ1n) is 8.15. The summed E-state index contributed by atoms with van der Waals surface area (Å²) in [5.41, 5.74) is -1.26. The van der Waals surface area contributed by atoms with Crippen molar-refractivity contribution in [3.63, 3.8) is 0 Å². The van der Waals surface area contributed by atoms with Gasteiger partial charge in [-0.25, -0.2) is 0 Å². The van der Waals surface area contributed by atoms with Crippen molar-refractivity contribution in [2.75, 3.05) is 0 Å². The van der Waals surface area contributed by atoms with Crippen LogP contribution in [0.2, 0.25) is 0 Å². The van der Waals surface area contributed by atoms with Crippen LogP contribution in [0.15, 0.2) is 62.5 Å². The van der Waals surface area contributed by atoms with Crippen molar-refractivity contribution in [1.82, 2.24) is 0 Å². The molecule has 3 aromatic rings. The molecule has 0 atom stereocenters. The summed E-state index contributed by atoms with van der Waals surface area (Å²) >= 11 is -5.47. The van der Waals surface area contributed by atoms with E-state index in [1.807, 2.05) is 0 Å². The molecule has 0 aliphatic heterocycles. The number of phenols is 2. The van der Waals surface area contributed by atoms with E-state index in [9.17, 15) is 43.5 Å². The predicted molar refractivity (Wildman–Crippen MR) is 120 cm³/mol. The van der Waals surface area contributed by atoms with Gasteiger partial charge in [0.15, 0.2) is 0 Å². The molecule has 0 aliphatic carbocycles. The molecular formula is C16H13AsN2Na2O11S2. The molecule has 0 heterocycles. The van der Waals surface area contributed by atoms with Crippen LogP contribution in [0.3, 0.4) is 0 Å². The van der Waals surface area contributed by atoms with Gasteiger partial charge >= 0.3 is 183 Å². The molecule has 0 aliphatic rings. The average Bonchev–Trinajstić information content (AvgIpc) is 2.64. The van der Waals surface area contributed by atoms with Crippen molar-refractivity contribution in [2.24, 2.45) is 10.2 Å². The summed E-state index contributed by atoms with van der Waals surface area (Å²) in [4.78, 5) is -1.88. The van der Waals surface area contributed by atoms with Gasteiger partial charge in [-0.2, -0.15) is 0 Å². The first-order chi connectivity index (χ1) is 14.6. The van der Waals surface area contributed by atoms with Crippen LogP contribution in [0, 0.1) is 0 Å². The summed E-state index contributed by atoms with van der Waals surface area (Å²) < 4.78 is 95.2. The van der Waals surface area contributed by atoms with Crippen LogP contribution >= 0.6 is 0 Å². The Hall–Kier alpha value is -0.782. The molecule has 0 spiro atoms. The van der Waals surface area contributed by atoms with E-state index < -0.39 is 76.5 Å². The molecule has 0 saturated carbocycles. The molecule has 0 unspecified atom stereocenters. The van der Waals surface area contributed by atoms with E-state index >= 15 is 0 Å². The fourth-order valence-corrected chi connectivity index (χ4v) is 5.44. The van der Waals surface area contributed by atoms with Crippen molar-refractivity contribution in [2.45, 2.75) is 9.79 Å². The number of azo groups is 1. The van der Waals surface area contributed by atoms with Crippen LogP contribution in [-0.2, 0) is 24.0 Å². The topological polar surface area (TPSA) is 231 Å². The molecule has 172 valence electrons. The fraction of sp³-hybridized carbons (Fsp3) is 0. The van der Waals surface area contributed by atoms with Crippen molar-refractivity contribution >= 4 is 120 Å². The van der Waals surface area contributed by atoms with Gasteiger partial charge in [0.25, 0.3) is 0 Å². The normalized spacial score (nSPS) is 12.4. The predicted octanol–water partition coefficient (Wildman–Crippen LogP) is -0.0408. The summed E-state index contributed by atoms with van der Waals surface area (Å²) in [5, 5.41) is 26.8. The molecule has 18 heteroatoms. The van der Waals surface area contributed by atoms with Crippen molar-refractivity contribution in [3.8, 4) is 11.5 Å². The Labute approximate surface area is 239 Å².